The van der Waals surface area contributed by atoms with Gasteiger partial charge in [0.15, 0.2) is 0 Å². The van der Waals surface area contributed by atoms with Crippen LogP contribution < -0.4 is 5.32 Å². The molecular weight excluding hydrogens is 417 g/mol. The van der Waals surface area contributed by atoms with Gasteiger partial charge in [-0.15, -0.1) is 0 Å². The molecule has 1 aromatic heterocycles. The Morgan fingerprint density at radius 3 is 2.48 bits per heavy atom. The Kier molecular flexibility index (Phi) is 4.70. The van der Waals surface area contributed by atoms with Crippen molar-refractivity contribution in [2.75, 3.05) is 5.32 Å². The Labute approximate surface area is 168 Å². The first-order valence-electron chi connectivity index (χ1n) is 8.04. The molecule has 0 radical (unpaired) electrons. The van der Waals surface area contributed by atoms with Gasteiger partial charge in [-0.1, -0.05) is 40.9 Å². The fourth-order valence-corrected chi connectivity index (χ4v) is 3.75. The van der Waals surface area contributed by atoms with Crippen LogP contribution in [0.2, 0.25) is 15.1 Å². The number of benzene rings is 2. The number of anilines is 1. The van der Waals surface area contributed by atoms with Crippen molar-refractivity contribution in [2.24, 2.45) is 5.92 Å². The molecule has 138 valence electrons. The lowest BCUT2D eigenvalue weighted by Crippen LogP contribution is -2.15. The van der Waals surface area contributed by atoms with Crippen LogP contribution in [0.1, 0.15) is 6.42 Å². The van der Waals surface area contributed by atoms with Crippen LogP contribution in [0.4, 0.5) is 14.6 Å². The average Bonchev–Trinajstić information content (AvgIpc) is 3.36. The molecule has 27 heavy (non-hydrogen) atoms. The van der Waals surface area contributed by atoms with Gasteiger partial charge in [-0.2, -0.15) is 0 Å². The lowest BCUT2D eigenvalue weighted by Gasteiger charge is -2.12. The summed E-state index contributed by atoms with van der Waals surface area (Å²) in [5.74, 6) is -1.52. The topological polar surface area (TPSA) is 42.0 Å². The highest BCUT2D eigenvalue weighted by Crippen LogP contribution is 2.41. The third-order valence-corrected chi connectivity index (χ3v) is 5.43. The van der Waals surface area contributed by atoms with E-state index in [0.717, 1.165) is 0 Å². The standard InChI is InChI=1S/C19H11Cl3F2N2O/c20-12-2-1-3-13(21)16(12)10-4-8-5-15(26-19(27)9-6-14(9)23)25-7-11(8)17(22)18(10)24/h1-5,7,9,14H,6H2,(H,25,26,27)/t9-,14+/m1/s1. The molecule has 0 saturated heterocycles. The summed E-state index contributed by atoms with van der Waals surface area (Å²) < 4.78 is 27.9. The molecule has 2 atom stereocenters. The summed E-state index contributed by atoms with van der Waals surface area (Å²) in [5.41, 5.74) is 0.459. The molecule has 4 rings (SSSR count). The molecule has 0 bridgehead atoms. The first-order valence-corrected chi connectivity index (χ1v) is 9.17. The fourth-order valence-electron chi connectivity index (χ4n) is 2.89. The molecule has 1 aliphatic carbocycles. The number of halogens is 5. The van der Waals surface area contributed by atoms with E-state index < -0.39 is 23.8 Å². The summed E-state index contributed by atoms with van der Waals surface area (Å²) in [6.07, 6.45) is 0.461. The fraction of sp³-hybridized carbons (Fsp3) is 0.158. The number of rotatable bonds is 3. The maximum Gasteiger partial charge on any atom is 0.231 e. The summed E-state index contributed by atoms with van der Waals surface area (Å²) in [4.78, 5) is 16.0. The molecule has 1 amide bonds. The number of pyridine rings is 1. The summed E-state index contributed by atoms with van der Waals surface area (Å²) in [5, 5.41) is 3.90. The molecule has 0 aliphatic heterocycles. The van der Waals surface area contributed by atoms with Crippen LogP contribution in [0.15, 0.2) is 36.5 Å². The van der Waals surface area contributed by atoms with Gasteiger partial charge >= 0.3 is 0 Å². The quantitative estimate of drug-likeness (QED) is 0.533. The van der Waals surface area contributed by atoms with Gasteiger partial charge in [0.2, 0.25) is 5.91 Å². The van der Waals surface area contributed by atoms with Crippen LogP contribution in [0.5, 0.6) is 0 Å². The summed E-state index contributed by atoms with van der Waals surface area (Å²) in [6.45, 7) is 0. The first kappa shape index (κ1) is 18.4. The number of hydrogen-bond acceptors (Lipinski definition) is 2. The molecule has 1 saturated carbocycles. The smallest absolute Gasteiger partial charge is 0.231 e. The van der Waals surface area contributed by atoms with E-state index in [9.17, 15) is 13.6 Å². The van der Waals surface area contributed by atoms with Gasteiger partial charge in [-0.05, 0) is 36.1 Å². The highest BCUT2D eigenvalue weighted by molar-refractivity contribution is 6.40. The third-order valence-electron chi connectivity index (χ3n) is 4.43. The third kappa shape index (κ3) is 3.35. The minimum atomic E-state index is -1.11. The van der Waals surface area contributed by atoms with Gasteiger partial charge in [0.25, 0.3) is 0 Å². The monoisotopic (exact) mass is 426 g/mol. The zero-order valence-corrected chi connectivity index (χ0v) is 15.8. The van der Waals surface area contributed by atoms with Crippen molar-refractivity contribution in [2.45, 2.75) is 12.6 Å². The molecule has 0 spiro atoms. The van der Waals surface area contributed by atoms with Crippen LogP contribution in [0.25, 0.3) is 21.9 Å². The van der Waals surface area contributed by atoms with Gasteiger partial charge < -0.3 is 5.32 Å². The highest BCUT2D eigenvalue weighted by Gasteiger charge is 2.43. The molecule has 0 unspecified atom stereocenters. The summed E-state index contributed by atoms with van der Waals surface area (Å²) in [7, 11) is 0. The SMILES string of the molecule is O=C(Nc1cc2cc(-c3c(Cl)cccc3Cl)c(F)c(Cl)c2cn1)[C@@H]1C[C@@H]1F. The second kappa shape index (κ2) is 6.89. The van der Waals surface area contributed by atoms with Gasteiger partial charge in [0.05, 0.1) is 10.9 Å². The molecule has 1 aliphatic rings. The number of nitrogens with zero attached hydrogens (tertiary/aromatic N) is 1. The van der Waals surface area contributed by atoms with Gasteiger partial charge in [-0.3, -0.25) is 4.79 Å². The second-order valence-corrected chi connectivity index (χ2v) is 7.48. The maximum atomic E-state index is 14.9. The van der Waals surface area contributed by atoms with Crippen molar-refractivity contribution in [3.8, 4) is 11.1 Å². The van der Waals surface area contributed by atoms with E-state index >= 15 is 0 Å². The Bertz CT molecular complexity index is 1070. The van der Waals surface area contributed by atoms with Crippen molar-refractivity contribution in [3.63, 3.8) is 0 Å². The Balaban J connectivity index is 1.81. The molecule has 8 heteroatoms. The number of carbonyl (C=O) groups excluding carboxylic acids is 1. The second-order valence-electron chi connectivity index (χ2n) is 6.29. The summed E-state index contributed by atoms with van der Waals surface area (Å²) >= 11 is 18.6. The number of fused-ring (bicyclic) bond motifs is 1. The number of alkyl halides is 1. The van der Waals surface area contributed by atoms with Crippen LogP contribution in [-0.2, 0) is 4.79 Å². The van der Waals surface area contributed by atoms with Gasteiger partial charge in [-0.25, -0.2) is 13.8 Å². The molecule has 3 nitrogen and oxygen atoms in total. The van der Waals surface area contributed by atoms with E-state index in [1.54, 1.807) is 24.3 Å². The van der Waals surface area contributed by atoms with E-state index in [0.29, 0.717) is 16.3 Å². The number of hydrogen-bond donors (Lipinski definition) is 1. The number of carbonyl (C=O) groups is 1. The lowest BCUT2D eigenvalue weighted by molar-refractivity contribution is -0.117. The number of amides is 1. The van der Waals surface area contributed by atoms with Crippen LogP contribution >= 0.6 is 34.8 Å². The van der Waals surface area contributed by atoms with E-state index in [1.807, 2.05) is 0 Å². The normalized spacial score (nSPS) is 18.6. The van der Waals surface area contributed by atoms with Gasteiger partial charge in [0, 0.05) is 32.8 Å². The number of aromatic nitrogens is 1. The Morgan fingerprint density at radius 2 is 1.85 bits per heavy atom. The van der Waals surface area contributed by atoms with Gasteiger partial charge in [0.1, 0.15) is 17.8 Å². The highest BCUT2D eigenvalue weighted by atomic mass is 35.5. The van der Waals surface area contributed by atoms with Crippen molar-refractivity contribution in [1.29, 1.82) is 0 Å². The van der Waals surface area contributed by atoms with Crippen molar-refractivity contribution in [3.05, 3.63) is 57.4 Å². The van der Waals surface area contributed by atoms with Crippen molar-refractivity contribution < 1.29 is 13.6 Å². The van der Waals surface area contributed by atoms with Crippen LogP contribution in [0.3, 0.4) is 0 Å². The Hall–Kier alpha value is -1.95. The zero-order valence-electron chi connectivity index (χ0n) is 13.6. The predicted molar refractivity (Wildman–Crippen MR) is 104 cm³/mol. The van der Waals surface area contributed by atoms with Crippen LogP contribution in [-0.4, -0.2) is 17.1 Å². The molecule has 3 aromatic rings. The maximum absolute atomic E-state index is 14.9. The molecule has 1 N–H and O–H groups in total. The van der Waals surface area contributed by atoms with E-state index in [1.165, 1.54) is 12.3 Å². The average molecular weight is 428 g/mol. The molecular formula is C19H11Cl3F2N2O. The number of nitrogens with one attached hydrogen (secondary N) is 1. The van der Waals surface area contributed by atoms with Crippen LogP contribution in [0, 0.1) is 11.7 Å². The molecule has 2 aromatic carbocycles. The predicted octanol–water partition coefficient (Wildman–Crippen LogP) is 6.30. The van der Waals surface area contributed by atoms with E-state index in [-0.39, 0.29) is 32.9 Å². The van der Waals surface area contributed by atoms with Crippen molar-refractivity contribution >= 4 is 57.3 Å². The molecule has 1 fully saturated rings. The largest absolute Gasteiger partial charge is 0.310 e. The minimum absolute atomic E-state index is 0.130. The lowest BCUT2D eigenvalue weighted by atomic mass is 10.0. The minimum Gasteiger partial charge on any atom is -0.310 e. The van der Waals surface area contributed by atoms with Crippen molar-refractivity contribution in [1.82, 2.24) is 4.98 Å². The summed E-state index contributed by atoms with van der Waals surface area (Å²) in [6, 6.07) is 7.93. The van der Waals surface area contributed by atoms with E-state index in [2.05, 4.69) is 10.3 Å². The zero-order chi connectivity index (χ0) is 19.3. The Morgan fingerprint density at radius 1 is 1.19 bits per heavy atom. The molecule has 1 heterocycles. The first-order chi connectivity index (χ1) is 12.9. The van der Waals surface area contributed by atoms with E-state index in [4.69, 9.17) is 34.8 Å².